The maximum Gasteiger partial charge on any atom is 0.393 e. The van der Waals surface area contributed by atoms with Crippen LogP contribution in [0.5, 0.6) is 0 Å². The first-order chi connectivity index (χ1) is 15.9. The van der Waals surface area contributed by atoms with Crippen LogP contribution in [-0.2, 0) is 0 Å². The summed E-state index contributed by atoms with van der Waals surface area (Å²) in [5.41, 5.74) is -0.642. The highest BCUT2D eigenvalue weighted by Crippen LogP contribution is 2.61. The van der Waals surface area contributed by atoms with Crippen LogP contribution in [0.15, 0.2) is 23.3 Å². The summed E-state index contributed by atoms with van der Waals surface area (Å²) in [6, 6.07) is 1.83. The summed E-state index contributed by atoms with van der Waals surface area (Å²) >= 11 is 3.60. The highest BCUT2D eigenvalue weighted by Gasteiger charge is 2.90. The number of halogens is 13. The normalized spacial score (nSPS) is 15.3. The van der Waals surface area contributed by atoms with E-state index >= 15 is 0 Å². The summed E-state index contributed by atoms with van der Waals surface area (Å²) in [5.74, 6) is -40.1. The van der Waals surface area contributed by atoms with Gasteiger partial charge >= 0.3 is 35.0 Å². The molecular weight excluding hydrogens is 564 g/mol. The van der Waals surface area contributed by atoms with Crippen LogP contribution in [0.4, 0.5) is 69.7 Å². The number of anilines is 3. The molecule has 0 saturated carbocycles. The van der Waals surface area contributed by atoms with E-state index in [1.54, 1.807) is 5.43 Å². The zero-order valence-corrected chi connectivity index (χ0v) is 17.6. The van der Waals surface area contributed by atoms with Crippen LogP contribution in [0.3, 0.4) is 0 Å². The Balaban J connectivity index is 3.30. The quantitative estimate of drug-likeness (QED) is 0.126. The van der Waals surface area contributed by atoms with Crippen LogP contribution >= 0.6 is 11.6 Å². The standard InChI is InChI=1S/C15H11ClF12N4O4/c1-6(5-29-30-8-3-2-7(31(33)34)4-9(8)32(35)36)10(17,18)11(19,20)12(21,22)13(23,24)14(25,26)15(16,27)28/h2-6,30,35-36H,1H3/q-2/t6-/m1/s1. The minimum atomic E-state index is -7.80. The molecule has 0 aliphatic heterocycles. The molecule has 208 valence electrons. The summed E-state index contributed by atoms with van der Waals surface area (Å²) in [4.78, 5) is 0. The van der Waals surface area contributed by atoms with Gasteiger partial charge in [-0.05, 0) is 29.8 Å². The van der Waals surface area contributed by atoms with Crippen molar-refractivity contribution < 1.29 is 63.1 Å². The monoisotopic (exact) mass is 574 g/mol. The van der Waals surface area contributed by atoms with Gasteiger partial charge in [0.1, 0.15) is 5.69 Å². The fourth-order valence-corrected chi connectivity index (χ4v) is 2.39. The fourth-order valence-electron chi connectivity index (χ4n) is 2.27. The van der Waals surface area contributed by atoms with E-state index in [0.717, 1.165) is 0 Å². The molecule has 0 unspecified atom stereocenters. The van der Waals surface area contributed by atoms with E-state index in [1.165, 1.54) is 0 Å². The highest BCUT2D eigenvalue weighted by molar-refractivity contribution is 6.22. The lowest BCUT2D eigenvalue weighted by molar-refractivity contribution is -0.419. The van der Waals surface area contributed by atoms with Crippen molar-refractivity contribution in [1.29, 1.82) is 0 Å². The topological polar surface area (TPSA) is 117 Å². The summed E-state index contributed by atoms with van der Waals surface area (Å²) in [6.07, 6.45) is -0.347. The van der Waals surface area contributed by atoms with Crippen LogP contribution in [0.2, 0.25) is 0 Å². The molecule has 36 heavy (non-hydrogen) atoms. The van der Waals surface area contributed by atoms with Gasteiger partial charge in [0.05, 0.1) is 11.6 Å². The average molecular weight is 575 g/mol. The molecule has 8 nitrogen and oxygen atoms in total. The number of benzene rings is 1. The van der Waals surface area contributed by atoms with E-state index in [9.17, 15) is 63.1 Å². The molecule has 1 aromatic carbocycles. The second-order valence-corrected chi connectivity index (χ2v) is 7.32. The first kappa shape index (κ1) is 31.6. The van der Waals surface area contributed by atoms with Gasteiger partial charge in [-0.2, -0.15) is 57.8 Å². The molecule has 0 fully saturated rings. The summed E-state index contributed by atoms with van der Waals surface area (Å²) in [7, 11) is 0. The number of alkyl halides is 13. The average Bonchev–Trinajstić information content (AvgIpc) is 2.71. The van der Waals surface area contributed by atoms with Gasteiger partial charge in [-0.3, -0.25) is 15.8 Å². The van der Waals surface area contributed by atoms with Crippen LogP contribution in [-0.4, -0.2) is 51.6 Å². The first-order valence-corrected chi connectivity index (χ1v) is 8.97. The molecule has 1 atom stereocenters. The Morgan fingerprint density at radius 1 is 0.889 bits per heavy atom. The zero-order chi connectivity index (χ0) is 28.7. The van der Waals surface area contributed by atoms with Crippen LogP contribution in [0, 0.1) is 16.3 Å². The van der Waals surface area contributed by atoms with E-state index < -0.39 is 68.4 Å². The van der Waals surface area contributed by atoms with Gasteiger partial charge in [-0.1, -0.05) is 6.92 Å². The van der Waals surface area contributed by atoms with Gasteiger partial charge in [-0.25, -0.2) is 0 Å². The smallest absolute Gasteiger partial charge is 0.393 e. The molecule has 1 aromatic rings. The van der Waals surface area contributed by atoms with Gasteiger partial charge in [-0.15, -0.1) is 5.23 Å². The lowest BCUT2D eigenvalue weighted by Crippen LogP contribution is -2.70. The number of hydrazone groups is 1. The Morgan fingerprint density at radius 3 is 1.78 bits per heavy atom. The van der Waals surface area contributed by atoms with E-state index in [-0.39, 0.29) is 13.1 Å². The number of hydrogen-bond acceptors (Lipinski definition) is 8. The molecule has 0 spiro atoms. The Bertz CT molecular complexity index is 959. The van der Waals surface area contributed by atoms with Gasteiger partial charge in [0.2, 0.25) is 0 Å². The predicted octanol–water partition coefficient (Wildman–Crippen LogP) is 6.12. The predicted molar refractivity (Wildman–Crippen MR) is 98.5 cm³/mol. The molecule has 0 amide bonds. The molecule has 1 rings (SSSR count). The maximum atomic E-state index is 14.1. The van der Waals surface area contributed by atoms with Crippen molar-refractivity contribution >= 4 is 34.9 Å². The van der Waals surface area contributed by atoms with Crippen molar-refractivity contribution in [2.24, 2.45) is 11.0 Å². The second kappa shape index (κ2) is 9.80. The third kappa shape index (κ3) is 5.17. The Kier molecular flexibility index (Phi) is 8.61. The molecule has 0 heterocycles. The first-order valence-electron chi connectivity index (χ1n) is 8.59. The van der Waals surface area contributed by atoms with Crippen molar-refractivity contribution in [3.05, 3.63) is 28.6 Å². The fraction of sp³-hybridized carbons (Fsp3) is 0.533. The zero-order valence-electron chi connectivity index (χ0n) is 16.9. The van der Waals surface area contributed by atoms with Gasteiger partial charge in [0.25, 0.3) is 0 Å². The molecule has 0 radical (unpaired) electrons. The molecule has 21 heteroatoms. The number of nitrogens with zero attached hydrogens (tertiary/aromatic N) is 3. The van der Waals surface area contributed by atoms with Crippen molar-refractivity contribution in [2.75, 3.05) is 15.9 Å². The Morgan fingerprint density at radius 2 is 1.36 bits per heavy atom. The summed E-state index contributed by atoms with van der Waals surface area (Å²) < 4.78 is 161. The van der Waals surface area contributed by atoms with E-state index in [1.807, 2.05) is 0 Å². The third-order valence-electron chi connectivity index (χ3n) is 4.42. The van der Waals surface area contributed by atoms with Crippen molar-refractivity contribution in [3.8, 4) is 0 Å². The van der Waals surface area contributed by atoms with Crippen LogP contribution in [0.25, 0.3) is 0 Å². The molecule has 0 aliphatic carbocycles. The Hall–Kier alpha value is -2.42. The van der Waals surface area contributed by atoms with E-state index in [2.05, 4.69) is 16.7 Å². The number of rotatable bonds is 11. The third-order valence-corrected chi connectivity index (χ3v) is 4.66. The van der Waals surface area contributed by atoms with Crippen LogP contribution in [0.1, 0.15) is 6.92 Å². The number of hydrogen-bond donors (Lipinski definition) is 3. The van der Waals surface area contributed by atoms with Gasteiger partial charge < -0.3 is 15.6 Å². The maximum absolute atomic E-state index is 14.1. The van der Waals surface area contributed by atoms with E-state index in [4.69, 9.17) is 10.4 Å². The van der Waals surface area contributed by atoms with Crippen molar-refractivity contribution in [2.45, 2.75) is 41.9 Å². The molecule has 0 aromatic heterocycles. The van der Waals surface area contributed by atoms with Gasteiger partial charge in [0, 0.05) is 11.9 Å². The second-order valence-electron chi connectivity index (χ2n) is 6.84. The van der Waals surface area contributed by atoms with Crippen molar-refractivity contribution in [1.82, 2.24) is 0 Å². The SMILES string of the molecule is C[C@H](C=NNc1ccc(N([O-])[O-])cc1N(O)O)C(F)(F)C(F)(F)C(F)(F)C(F)(F)C(F)(F)C(F)(F)Cl. The minimum Gasteiger partial charge on any atom is -0.769 e. The largest absolute Gasteiger partial charge is 0.769 e. The molecule has 0 aliphatic rings. The Labute approximate surface area is 196 Å². The minimum absolute atomic E-state index is 0.0389. The van der Waals surface area contributed by atoms with Crippen LogP contribution < -0.4 is 15.9 Å². The summed E-state index contributed by atoms with van der Waals surface area (Å²) in [5, 5.41) is 33.9. The van der Waals surface area contributed by atoms with E-state index in [0.29, 0.717) is 18.2 Å². The highest BCUT2D eigenvalue weighted by atomic mass is 35.5. The molecular formula is C15H11ClF12N4O4-2. The summed E-state index contributed by atoms with van der Waals surface area (Å²) in [6.45, 7) is -0.0389. The van der Waals surface area contributed by atoms with Gasteiger partial charge in [0.15, 0.2) is 0 Å². The lowest BCUT2D eigenvalue weighted by atomic mass is 9.89. The molecule has 3 N–H and O–H groups in total. The number of nitrogens with one attached hydrogen (secondary N) is 1. The lowest BCUT2D eigenvalue weighted by Gasteiger charge is -2.41. The van der Waals surface area contributed by atoms with Crippen molar-refractivity contribution in [3.63, 3.8) is 0 Å². The molecule has 0 bridgehead atoms. The molecule has 0 saturated heterocycles.